The maximum Gasteiger partial charge on any atom is 0.171 e. The predicted octanol–water partition coefficient (Wildman–Crippen LogP) is 5.20. The third kappa shape index (κ3) is 3.51. The lowest BCUT2D eigenvalue weighted by atomic mass is 10.00. The topological polar surface area (TPSA) is 24.1 Å². The van der Waals surface area contributed by atoms with E-state index in [0.717, 1.165) is 5.69 Å². The Balaban J connectivity index is 1.77. The summed E-state index contributed by atoms with van der Waals surface area (Å²) in [5.41, 5.74) is 3.46. The van der Waals surface area contributed by atoms with Gasteiger partial charge in [0.15, 0.2) is 5.11 Å². The molecule has 2 nitrogen and oxygen atoms in total. The highest BCUT2D eigenvalue weighted by Gasteiger charge is 2.10. The lowest BCUT2D eigenvalue weighted by molar-refractivity contribution is 0.729. The fourth-order valence-electron chi connectivity index (χ4n) is 2.77. The molecule has 0 unspecified atom stereocenters. The van der Waals surface area contributed by atoms with Crippen LogP contribution in [0.3, 0.4) is 0 Å². The third-order valence-corrected chi connectivity index (χ3v) is 4.25. The molecule has 0 saturated heterocycles. The Kier molecular flexibility index (Phi) is 4.58. The predicted molar refractivity (Wildman–Crippen MR) is 103 cm³/mol. The summed E-state index contributed by atoms with van der Waals surface area (Å²) in [4.78, 5) is 0. The molecule has 3 rings (SSSR count). The van der Waals surface area contributed by atoms with Crippen LogP contribution in [0.2, 0.25) is 0 Å². The van der Waals surface area contributed by atoms with Crippen molar-refractivity contribution in [2.24, 2.45) is 0 Å². The number of para-hydroxylation sites is 1. The number of nitrogens with one attached hydrogen (secondary N) is 2. The van der Waals surface area contributed by atoms with Crippen LogP contribution >= 0.6 is 12.2 Å². The van der Waals surface area contributed by atoms with Crippen molar-refractivity contribution < 1.29 is 0 Å². The molecule has 0 aliphatic carbocycles. The molecule has 116 valence electrons. The quantitative estimate of drug-likeness (QED) is 0.649. The average Bonchev–Trinajstić information content (AvgIpc) is 2.56. The number of benzene rings is 3. The summed E-state index contributed by atoms with van der Waals surface area (Å²) in [5, 5.41) is 9.81. The van der Waals surface area contributed by atoms with E-state index in [4.69, 9.17) is 12.2 Å². The van der Waals surface area contributed by atoms with Crippen LogP contribution in [0.4, 0.5) is 5.69 Å². The molecular weight excluding hydrogens is 300 g/mol. The van der Waals surface area contributed by atoms with Gasteiger partial charge in [-0.2, -0.15) is 0 Å². The summed E-state index contributed by atoms with van der Waals surface area (Å²) in [7, 11) is 0. The van der Waals surface area contributed by atoms with Crippen molar-refractivity contribution in [3.8, 4) is 0 Å². The van der Waals surface area contributed by atoms with E-state index in [1.165, 1.54) is 21.9 Å². The molecule has 0 aromatic heterocycles. The van der Waals surface area contributed by atoms with E-state index >= 15 is 0 Å². The van der Waals surface area contributed by atoms with Crippen molar-refractivity contribution in [1.29, 1.82) is 0 Å². The van der Waals surface area contributed by atoms with Gasteiger partial charge in [0.05, 0.1) is 6.04 Å². The minimum absolute atomic E-state index is 0.130. The molecule has 0 amide bonds. The summed E-state index contributed by atoms with van der Waals surface area (Å²) in [6, 6.07) is 23.1. The van der Waals surface area contributed by atoms with Crippen molar-refractivity contribution in [2.75, 3.05) is 5.32 Å². The van der Waals surface area contributed by atoms with Crippen LogP contribution in [0.15, 0.2) is 66.7 Å². The Morgan fingerprint density at radius 2 is 1.61 bits per heavy atom. The van der Waals surface area contributed by atoms with Gasteiger partial charge in [-0.15, -0.1) is 0 Å². The number of hydrogen-bond acceptors (Lipinski definition) is 1. The van der Waals surface area contributed by atoms with Gasteiger partial charge in [-0.05, 0) is 54.0 Å². The van der Waals surface area contributed by atoms with E-state index in [1.54, 1.807) is 0 Å². The summed E-state index contributed by atoms with van der Waals surface area (Å²) in [6.07, 6.45) is 0. The zero-order chi connectivity index (χ0) is 16.2. The van der Waals surface area contributed by atoms with Crippen LogP contribution in [0.1, 0.15) is 24.1 Å². The lowest BCUT2D eigenvalue weighted by Gasteiger charge is -2.19. The Bertz CT molecular complexity index is 836. The summed E-state index contributed by atoms with van der Waals surface area (Å²) in [5.74, 6) is 0. The van der Waals surface area contributed by atoms with E-state index in [2.05, 4.69) is 73.0 Å². The number of fused-ring (bicyclic) bond motifs is 1. The van der Waals surface area contributed by atoms with Crippen molar-refractivity contribution in [3.05, 3.63) is 77.9 Å². The van der Waals surface area contributed by atoms with Crippen molar-refractivity contribution in [2.45, 2.75) is 19.9 Å². The lowest BCUT2D eigenvalue weighted by Crippen LogP contribution is -2.31. The monoisotopic (exact) mass is 320 g/mol. The zero-order valence-electron chi connectivity index (χ0n) is 13.3. The fraction of sp³-hybridized carbons (Fsp3) is 0.150. The minimum atomic E-state index is 0.130. The second kappa shape index (κ2) is 6.80. The van der Waals surface area contributed by atoms with Gasteiger partial charge in [-0.1, -0.05) is 60.7 Å². The van der Waals surface area contributed by atoms with Gasteiger partial charge in [-0.3, -0.25) is 0 Å². The molecule has 0 saturated carbocycles. The number of thiocarbonyl (C=S) groups is 1. The zero-order valence-corrected chi connectivity index (χ0v) is 14.2. The van der Waals surface area contributed by atoms with Gasteiger partial charge in [0.2, 0.25) is 0 Å². The van der Waals surface area contributed by atoms with Crippen LogP contribution in [0, 0.1) is 6.92 Å². The van der Waals surface area contributed by atoms with E-state index in [0.29, 0.717) is 5.11 Å². The van der Waals surface area contributed by atoms with Crippen LogP contribution in [-0.4, -0.2) is 5.11 Å². The molecular formula is C20H20N2S. The first-order valence-electron chi connectivity index (χ1n) is 7.76. The molecule has 23 heavy (non-hydrogen) atoms. The molecule has 0 aliphatic rings. The van der Waals surface area contributed by atoms with Gasteiger partial charge >= 0.3 is 0 Å². The molecule has 0 spiro atoms. The molecule has 3 aromatic rings. The average molecular weight is 320 g/mol. The van der Waals surface area contributed by atoms with Crippen LogP contribution in [0.25, 0.3) is 10.8 Å². The first-order chi connectivity index (χ1) is 11.1. The Morgan fingerprint density at radius 3 is 2.43 bits per heavy atom. The maximum atomic E-state index is 5.47. The maximum absolute atomic E-state index is 5.47. The van der Waals surface area contributed by atoms with Crippen LogP contribution in [0.5, 0.6) is 0 Å². The van der Waals surface area contributed by atoms with Gasteiger partial charge in [0.25, 0.3) is 0 Å². The van der Waals surface area contributed by atoms with E-state index in [1.807, 2.05) is 18.2 Å². The first-order valence-corrected chi connectivity index (χ1v) is 8.17. The number of rotatable bonds is 3. The van der Waals surface area contributed by atoms with Gasteiger partial charge in [0, 0.05) is 5.69 Å². The number of hydrogen-bond donors (Lipinski definition) is 2. The molecule has 2 N–H and O–H groups in total. The van der Waals surface area contributed by atoms with E-state index in [-0.39, 0.29) is 6.04 Å². The summed E-state index contributed by atoms with van der Waals surface area (Å²) < 4.78 is 0. The fourth-order valence-corrected chi connectivity index (χ4v) is 3.06. The van der Waals surface area contributed by atoms with Crippen molar-refractivity contribution in [1.82, 2.24) is 5.32 Å². The summed E-state index contributed by atoms with van der Waals surface area (Å²) >= 11 is 5.47. The van der Waals surface area contributed by atoms with Gasteiger partial charge < -0.3 is 10.6 Å². The second-order valence-electron chi connectivity index (χ2n) is 5.70. The SMILES string of the molecule is Cc1ccccc1NC(=S)N[C@@H](C)c1cccc2ccccc12. The molecule has 1 atom stereocenters. The highest BCUT2D eigenvalue weighted by atomic mass is 32.1. The summed E-state index contributed by atoms with van der Waals surface area (Å²) in [6.45, 7) is 4.20. The largest absolute Gasteiger partial charge is 0.356 e. The second-order valence-corrected chi connectivity index (χ2v) is 6.11. The molecule has 0 bridgehead atoms. The van der Waals surface area contributed by atoms with E-state index in [9.17, 15) is 0 Å². The Labute approximate surface area is 142 Å². The molecule has 3 aromatic carbocycles. The Morgan fingerprint density at radius 1 is 0.913 bits per heavy atom. The normalized spacial score (nSPS) is 11.9. The van der Waals surface area contributed by atoms with Crippen LogP contribution < -0.4 is 10.6 Å². The first kappa shape index (κ1) is 15.5. The standard InChI is InChI=1S/C20H20N2S/c1-14-8-3-6-13-19(14)22-20(23)21-15(2)17-12-7-10-16-9-4-5-11-18(16)17/h3-13,15H,1-2H3,(H2,21,22,23)/t15-/m0/s1. The number of aryl methyl sites for hydroxylation is 1. The minimum Gasteiger partial charge on any atom is -0.356 e. The smallest absolute Gasteiger partial charge is 0.171 e. The molecule has 3 heteroatoms. The third-order valence-electron chi connectivity index (χ3n) is 4.03. The molecule has 0 fully saturated rings. The molecule has 0 radical (unpaired) electrons. The van der Waals surface area contributed by atoms with E-state index < -0.39 is 0 Å². The highest BCUT2D eigenvalue weighted by molar-refractivity contribution is 7.80. The highest BCUT2D eigenvalue weighted by Crippen LogP contribution is 2.24. The molecule has 0 heterocycles. The van der Waals surface area contributed by atoms with Crippen molar-refractivity contribution >= 4 is 33.8 Å². The van der Waals surface area contributed by atoms with Crippen LogP contribution in [-0.2, 0) is 0 Å². The molecule has 0 aliphatic heterocycles. The van der Waals surface area contributed by atoms with Gasteiger partial charge in [0.1, 0.15) is 0 Å². The van der Waals surface area contributed by atoms with Gasteiger partial charge in [-0.25, -0.2) is 0 Å². The number of anilines is 1. The van der Waals surface area contributed by atoms with Crippen molar-refractivity contribution in [3.63, 3.8) is 0 Å². The Hall–Kier alpha value is -2.39.